The summed E-state index contributed by atoms with van der Waals surface area (Å²) < 4.78 is 11.4. The van der Waals surface area contributed by atoms with Crippen LogP contribution in [0.25, 0.3) is 5.70 Å². The third-order valence-corrected chi connectivity index (χ3v) is 5.87. The minimum absolute atomic E-state index is 0.0747. The van der Waals surface area contributed by atoms with Crippen molar-refractivity contribution in [3.63, 3.8) is 0 Å². The van der Waals surface area contributed by atoms with Crippen LogP contribution in [-0.4, -0.2) is 25.5 Å². The summed E-state index contributed by atoms with van der Waals surface area (Å²) in [7, 11) is 1.59. The first kappa shape index (κ1) is 19.5. The quantitative estimate of drug-likeness (QED) is 0.685. The zero-order chi connectivity index (χ0) is 20.7. The molecule has 0 aromatic heterocycles. The molecule has 1 heterocycles. The van der Waals surface area contributed by atoms with Crippen LogP contribution in [0, 0.1) is 0 Å². The molecule has 2 aliphatic rings. The molecular formula is C23H20BrNO4. The number of ether oxygens (including phenoxy) is 2. The highest BCUT2D eigenvalue weighted by Crippen LogP contribution is 2.47. The number of carbonyl (C=O) groups is 2. The van der Waals surface area contributed by atoms with Crippen LogP contribution in [0.15, 0.2) is 63.8 Å². The zero-order valence-corrected chi connectivity index (χ0v) is 17.9. The molecule has 0 saturated carbocycles. The number of benzene rings is 2. The van der Waals surface area contributed by atoms with Crippen LogP contribution in [-0.2, 0) is 9.53 Å². The van der Waals surface area contributed by atoms with E-state index in [1.54, 1.807) is 14.0 Å². The Hall–Kier alpha value is -2.86. The van der Waals surface area contributed by atoms with Gasteiger partial charge in [-0.15, -0.1) is 0 Å². The number of esters is 1. The van der Waals surface area contributed by atoms with E-state index in [4.69, 9.17) is 9.47 Å². The number of fused-ring (bicyclic) bond motifs is 2. The van der Waals surface area contributed by atoms with E-state index >= 15 is 0 Å². The Bertz CT molecular complexity index is 1100. The number of carbonyl (C=O) groups excluding carboxylic acids is 2. The Balaban J connectivity index is 1.93. The molecule has 29 heavy (non-hydrogen) atoms. The van der Waals surface area contributed by atoms with E-state index in [0.717, 1.165) is 21.3 Å². The summed E-state index contributed by atoms with van der Waals surface area (Å²) in [6.45, 7) is 3.87. The number of rotatable bonds is 4. The van der Waals surface area contributed by atoms with Crippen molar-refractivity contribution in [2.24, 2.45) is 0 Å². The maximum Gasteiger partial charge on any atom is 0.336 e. The van der Waals surface area contributed by atoms with E-state index in [9.17, 15) is 9.59 Å². The van der Waals surface area contributed by atoms with Crippen LogP contribution in [0.5, 0.6) is 5.75 Å². The van der Waals surface area contributed by atoms with Gasteiger partial charge in [0.15, 0.2) is 5.78 Å². The van der Waals surface area contributed by atoms with E-state index < -0.39 is 11.9 Å². The van der Waals surface area contributed by atoms with Gasteiger partial charge < -0.3 is 14.8 Å². The number of halogens is 1. The van der Waals surface area contributed by atoms with Gasteiger partial charge in [0.2, 0.25) is 0 Å². The molecule has 1 aliphatic heterocycles. The van der Waals surface area contributed by atoms with Crippen LogP contribution >= 0.6 is 15.9 Å². The molecule has 148 valence electrons. The van der Waals surface area contributed by atoms with E-state index in [-0.39, 0.29) is 12.4 Å². The molecule has 5 nitrogen and oxygen atoms in total. The highest BCUT2D eigenvalue weighted by atomic mass is 79.9. The highest BCUT2D eigenvalue weighted by molar-refractivity contribution is 9.10. The van der Waals surface area contributed by atoms with Gasteiger partial charge in [-0.05, 0) is 47.5 Å². The number of methoxy groups -OCH3 is 1. The number of ketones is 1. The Morgan fingerprint density at radius 1 is 1.17 bits per heavy atom. The predicted octanol–water partition coefficient (Wildman–Crippen LogP) is 4.59. The van der Waals surface area contributed by atoms with Gasteiger partial charge in [0.25, 0.3) is 0 Å². The highest BCUT2D eigenvalue weighted by Gasteiger charge is 2.42. The molecule has 0 unspecified atom stereocenters. The van der Waals surface area contributed by atoms with E-state index in [2.05, 4.69) is 21.2 Å². The van der Waals surface area contributed by atoms with Crippen molar-refractivity contribution >= 4 is 33.4 Å². The lowest BCUT2D eigenvalue weighted by Gasteiger charge is -2.29. The first-order chi connectivity index (χ1) is 14.0. The molecule has 0 amide bonds. The van der Waals surface area contributed by atoms with Gasteiger partial charge in [0, 0.05) is 28.3 Å². The molecule has 0 spiro atoms. The second-order valence-electron chi connectivity index (χ2n) is 6.87. The molecule has 0 bridgehead atoms. The van der Waals surface area contributed by atoms with E-state index in [1.165, 1.54) is 0 Å². The third kappa shape index (κ3) is 3.08. The number of hydrogen-bond donors (Lipinski definition) is 1. The SMILES string of the molecule is CCOC(=O)C1=C(C)NC2=C(C(=O)c3ccccc32)[C@H]1c1ccc(OC)c(Br)c1. The molecule has 2 aromatic rings. The van der Waals surface area contributed by atoms with Crippen LogP contribution in [0.4, 0.5) is 0 Å². The number of hydrogen-bond acceptors (Lipinski definition) is 5. The van der Waals surface area contributed by atoms with Gasteiger partial charge >= 0.3 is 5.97 Å². The van der Waals surface area contributed by atoms with Crippen molar-refractivity contribution in [2.45, 2.75) is 19.8 Å². The molecule has 0 fully saturated rings. The monoisotopic (exact) mass is 453 g/mol. The van der Waals surface area contributed by atoms with Crippen molar-refractivity contribution < 1.29 is 19.1 Å². The molecule has 0 saturated heterocycles. The zero-order valence-electron chi connectivity index (χ0n) is 16.3. The van der Waals surface area contributed by atoms with E-state index in [0.29, 0.717) is 28.2 Å². The van der Waals surface area contributed by atoms with Gasteiger partial charge in [0.05, 0.1) is 29.5 Å². The molecule has 2 aromatic carbocycles. The van der Waals surface area contributed by atoms with Crippen LogP contribution in [0.1, 0.15) is 41.3 Å². The number of nitrogens with one attached hydrogen (secondary N) is 1. The lowest BCUT2D eigenvalue weighted by atomic mass is 9.80. The minimum atomic E-state index is -0.535. The summed E-state index contributed by atoms with van der Waals surface area (Å²) in [4.78, 5) is 26.2. The van der Waals surface area contributed by atoms with Gasteiger partial charge in [-0.2, -0.15) is 0 Å². The maximum absolute atomic E-state index is 13.3. The molecule has 0 radical (unpaired) electrons. The summed E-state index contributed by atoms with van der Waals surface area (Å²) in [5, 5.41) is 3.29. The molecule has 4 rings (SSSR count). The first-order valence-electron chi connectivity index (χ1n) is 9.34. The minimum Gasteiger partial charge on any atom is -0.496 e. The standard InChI is InChI=1S/C23H20BrNO4/c1-4-29-23(27)18-12(2)25-21-14-7-5-6-8-15(14)22(26)20(21)19(18)13-9-10-17(28-3)16(24)11-13/h5-11,19,25H,4H2,1-3H3/t19-/m0/s1. The fourth-order valence-corrected chi connectivity index (χ4v) is 4.56. The Morgan fingerprint density at radius 2 is 1.90 bits per heavy atom. The first-order valence-corrected chi connectivity index (χ1v) is 10.1. The maximum atomic E-state index is 13.3. The average molecular weight is 454 g/mol. The fourth-order valence-electron chi connectivity index (χ4n) is 4.00. The van der Waals surface area contributed by atoms with Crippen molar-refractivity contribution in [1.82, 2.24) is 5.32 Å². The second-order valence-corrected chi connectivity index (χ2v) is 7.73. The fraction of sp³-hybridized carbons (Fsp3) is 0.217. The van der Waals surface area contributed by atoms with Gasteiger partial charge in [-0.1, -0.05) is 30.3 Å². The second kappa shape index (κ2) is 7.52. The van der Waals surface area contributed by atoms with Crippen molar-refractivity contribution in [2.75, 3.05) is 13.7 Å². The molecule has 1 atom stereocenters. The number of Topliss-reactive ketones (excluding diaryl/α,β-unsaturated/α-hetero) is 1. The van der Waals surface area contributed by atoms with Gasteiger partial charge in [-0.3, -0.25) is 4.79 Å². The largest absolute Gasteiger partial charge is 0.496 e. The molecule has 1 aliphatic carbocycles. The van der Waals surface area contributed by atoms with Crippen LogP contribution in [0.3, 0.4) is 0 Å². The Labute approximate surface area is 177 Å². The topological polar surface area (TPSA) is 64.6 Å². The van der Waals surface area contributed by atoms with Crippen molar-refractivity contribution in [3.05, 3.63) is 80.5 Å². The van der Waals surface area contributed by atoms with Crippen molar-refractivity contribution in [1.29, 1.82) is 0 Å². The normalized spacial score (nSPS) is 17.7. The number of dihydropyridines is 1. The Morgan fingerprint density at radius 3 is 2.55 bits per heavy atom. The summed E-state index contributed by atoms with van der Waals surface area (Å²) in [5.74, 6) is -0.359. The molecule has 6 heteroatoms. The third-order valence-electron chi connectivity index (χ3n) is 5.25. The summed E-state index contributed by atoms with van der Waals surface area (Å²) in [6.07, 6.45) is 0. The molecule has 1 N–H and O–H groups in total. The Kier molecular flexibility index (Phi) is 5.04. The number of allylic oxidation sites excluding steroid dienone is 2. The summed E-state index contributed by atoms with van der Waals surface area (Å²) in [6, 6.07) is 13.1. The summed E-state index contributed by atoms with van der Waals surface area (Å²) >= 11 is 3.52. The summed E-state index contributed by atoms with van der Waals surface area (Å²) in [5.41, 5.74) is 4.76. The van der Waals surface area contributed by atoms with E-state index in [1.807, 2.05) is 49.4 Å². The van der Waals surface area contributed by atoms with Gasteiger partial charge in [-0.25, -0.2) is 4.79 Å². The average Bonchev–Trinajstić information content (AvgIpc) is 2.99. The van der Waals surface area contributed by atoms with Crippen molar-refractivity contribution in [3.8, 4) is 5.75 Å². The lowest BCUT2D eigenvalue weighted by molar-refractivity contribution is -0.138. The lowest BCUT2D eigenvalue weighted by Crippen LogP contribution is -2.29. The van der Waals surface area contributed by atoms with Crippen LogP contribution < -0.4 is 10.1 Å². The van der Waals surface area contributed by atoms with Gasteiger partial charge in [0.1, 0.15) is 5.75 Å². The van der Waals surface area contributed by atoms with Crippen LogP contribution in [0.2, 0.25) is 0 Å². The predicted molar refractivity (Wildman–Crippen MR) is 114 cm³/mol. The molecular weight excluding hydrogens is 434 g/mol. The smallest absolute Gasteiger partial charge is 0.336 e.